The van der Waals surface area contributed by atoms with Crippen LogP contribution in [0.5, 0.6) is 11.5 Å². The number of unbranched alkanes of at least 4 members (excludes halogenated alkanes) is 1. The molecule has 26 heavy (non-hydrogen) atoms. The Kier molecular flexibility index (Phi) is 7.50. The second kappa shape index (κ2) is 9.84. The van der Waals surface area contributed by atoms with E-state index in [4.69, 9.17) is 14.7 Å². The summed E-state index contributed by atoms with van der Waals surface area (Å²) in [5.41, 5.74) is 5.00. The maximum absolute atomic E-state index is 8.62. The molecular weight excluding hydrogens is 324 g/mol. The Hall–Kier alpha value is -2.51. The predicted octanol–water partition coefficient (Wildman–Crippen LogP) is 4.85. The van der Waals surface area contributed by atoms with Crippen molar-refractivity contribution in [2.24, 2.45) is 0 Å². The van der Waals surface area contributed by atoms with Crippen LogP contribution >= 0.6 is 0 Å². The number of benzene rings is 2. The van der Waals surface area contributed by atoms with Crippen LogP contribution in [0.3, 0.4) is 0 Å². The molecule has 2 aromatic rings. The number of rotatable bonds is 9. The molecular formula is C22H28N2O2. The number of nitrogens with zero attached hydrogens (tertiary/aromatic N) is 1. The molecule has 0 bridgehead atoms. The molecule has 0 aliphatic carbocycles. The highest BCUT2D eigenvalue weighted by Gasteiger charge is 2.09. The number of nitrogens with one attached hydrogen (secondary N) is 1. The monoisotopic (exact) mass is 352 g/mol. The number of methoxy groups -OCH3 is 1. The molecule has 138 valence electrons. The molecule has 0 saturated heterocycles. The molecule has 0 aliphatic heterocycles. The number of aryl methyl sites for hydroxylation is 2. The van der Waals surface area contributed by atoms with E-state index in [-0.39, 0.29) is 6.04 Å². The molecule has 1 atom stereocenters. The van der Waals surface area contributed by atoms with Gasteiger partial charge in [-0.1, -0.05) is 35.4 Å². The minimum Gasteiger partial charge on any atom is -0.493 e. The van der Waals surface area contributed by atoms with Gasteiger partial charge in [-0.3, -0.25) is 0 Å². The minimum absolute atomic E-state index is 0.260. The summed E-state index contributed by atoms with van der Waals surface area (Å²) < 4.78 is 11.2. The molecule has 0 aromatic heterocycles. The standard InChI is InChI=1S/C22H28N2O2/c1-16-11-17(2)13-20(12-16)18(3)24-15-19-7-8-21(25-4)22(14-19)26-10-6-5-9-23/h7-8,11-14,18,24H,5-6,10,15H2,1-4H3. The Morgan fingerprint density at radius 2 is 1.81 bits per heavy atom. The van der Waals surface area contributed by atoms with Crippen molar-refractivity contribution in [3.8, 4) is 17.6 Å². The maximum Gasteiger partial charge on any atom is 0.161 e. The largest absolute Gasteiger partial charge is 0.493 e. The van der Waals surface area contributed by atoms with Crippen molar-refractivity contribution in [1.82, 2.24) is 5.32 Å². The summed E-state index contributed by atoms with van der Waals surface area (Å²) in [6, 6.07) is 15.0. The van der Waals surface area contributed by atoms with Gasteiger partial charge in [-0.25, -0.2) is 0 Å². The van der Waals surface area contributed by atoms with E-state index in [0.717, 1.165) is 17.9 Å². The number of ether oxygens (including phenoxy) is 2. The zero-order chi connectivity index (χ0) is 18.9. The highest BCUT2D eigenvalue weighted by Crippen LogP contribution is 2.28. The van der Waals surface area contributed by atoms with Crippen molar-refractivity contribution in [3.63, 3.8) is 0 Å². The molecule has 0 radical (unpaired) electrons. The van der Waals surface area contributed by atoms with E-state index in [0.29, 0.717) is 25.2 Å². The zero-order valence-electron chi connectivity index (χ0n) is 16.1. The molecule has 0 fully saturated rings. The van der Waals surface area contributed by atoms with Gasteiger partial charge < -0.3 is 14.8 Å². The SMILES string of the molecule is COc1ccc(CNC(C)c2cc(C)cc(C)c2)cc1OCCCC#N. The molecule has 0 amide bonds. The summed E-state index contributed by atoms with van der Waals surface area (Å²) in [5, 5.41) is 12.2. The quantitative estimate of drug-likeness (QED) is 0.656. The van der Waals surface area contributed by atoms with Crippen molar-refractivity contribution in [3.05, 3.63) is 58.7 Å². The Balaban J connectivity index is 2.01. The average molecular weight is 352 g/mol. The normalized spacial score (nSPS) is 11.7. The van der Waals surface area contributed by atoms with Gasteiger partial charge >= 0.3 is 0 Å². The van der Waals surface area contributed by atoms with Crippen LogP contribution in [-0.4, -0.2) is 13.7 Å². The van der Waals surface area contributed by atoms with E-state index < -0.39 is 0 Å². The van der Waals surface area contributed by atoms with Crippen LogP contribution in [0.15, 0.2) is 36.4 Å². The van der Waals surface area contributed by atoms with E-state index in [1.807, 2.05) is 18.2 Å². The molecule has 1 unspecified atom stereocenters. The van der Waals surface area contributed by atoms with Crippen LogP contribution in [0, 0.1) is 25.2 Å². The molecule has 0 spiro atoms. The van der Waals surface area contributed by atoms with Crippen molar-refractivity contribution >= 4 is 0 Å². The number of hydrogen-bond donors (Lipinski definition) is 1. The smallest absolute Gasteiger partial charge is 0.161 e. The lowest BCUT2D eigenvalue weighted by molar-refractivity contribution is 0.290. The van der Waals surface area contributed by atoms with Crippen LogP contribution in [0.4, 0.5) is 0 Å². The van der Waals surface area contributed by atoms with Gasteiger partial charge in [0.25, 0.3) is 0 Å². The van der Waals surface area contributed by atoms with E-state index >= 15 is 0 Å². The molecule has 0 aliphatic rings. The predicted molar refractivity (Wildman–Crippen MR) is 105 cm³/mol. The minimum atomic E-state index is 0.260. The van der Waals surface area contributed by atoms with Gasteiger partial charge in [-0.2, -0.15) is 5.26 Å². The van der Waals surface area contributed by atoms with Crippen LogP contribution < -0.4 is 14.8 Å². The molecule has 4 nitrogen and oxygen atoms in total. The molecule has 0 heterocycles. The van der Waals surface area contributed by atoms with Crippen LogP contribution in [0.25, 0.3) is 0 Å². The van der Waals surface area contributed by atoms with Crippen LogP contribution in [-0.2, 0) is 6.54 Å². The summed E-state index contributed by atoms with van der Waals surface area (Å²) in [7, 11) is 1.64. The summed E-state index contributed by atoms with van der Waals surface area (Å²) in [6.07, 6.45) is 1.21. The van der Waals surface area contributed by atoms with E-state index in [9.17, 15) is 0 Å². The van der Waals surface area contributed by atoms with Gasteiger partial charge in [0.1, 0.15) is 0 Å². The summed E-state index contributed by atoms with van der Waals surface area (Å²) in [5.74, 6) is 1.44. The first kappa shape index (κ1) is 19.8. The number of hydrogen-bond acceptors (Lipinski definition) is 4. The third-order valence-electron chi connectivity index (χ3n) is 4.27. The first-order valence-corrected chi connectivity index (χ1v) is 9.01. The molecule has 0 saturated carbocycles. The second-order valence-corrected chi connectivity index (χ2v) is 6.62. The Bertz CT molecular complexity index is 745. The third kappa shape index (κ3) is 5.79. The summed E-state index contributed by atoms with van der Waals surface area (Å²) >= 11 is 0. The fourth-order valence-corrected chi connectivity index (χ4v) is 2.93. The third-order valence-corrected chi connectivity index (χ3v) is 4.27. The molecule has 2 aromatic carbocycles. The van der Waals surface area contributed by atoms with Gasteiger partial charge in [-0.05, 0) is 50.5 Å². The fraction of sp³-hybridized carbons (Fsp3) is 0.409. The lowest BCUT2D eigenvalue weighted by Gasteiger charge is -2.17. The fourth-order valence-electron chi connectivity index (χ4n) is 2.93. The lowest BCUT2D eigenvalue weighted by atomic mass is 10.0. The molecule has 4 heteroatoms. The van der Waals surface area contributed by atoms with Gasteiger partial charge in [0.2, 0.25) is 0 Å². The second-order valence-electron chi connectivity index (χ2n) is 6.62. The highest BCUT2D eigenvalue weighted by molar-refractivity contribution is 5.43. The van der Waals surface area contributed by atoms with E-state index in [1.54, 1.807) is 7.11 Å². The van der Waals surface area contributed by atoms with Gasteiger partial charge in [-0.15, -0.1) is 0 Å². The first-order chi connectivity index (χ1) is 12.5. The topological polar surface area (TPSA) is 54.3 Å². The Labute approximate surface area is 156 Å². The van der Waals surface area contributed by atoms with Crippen LogP contribution in [0.1, 0.15) is 48.1 Å². The molecule has 2 rings (SSSR count). The van der Waals surface area contributed by atoms with Crippen molar-refractivity contribution in [2.75, 3.05) is 13.7 Å². The Morgan fingerprint density at radius 1 is 1.08 bits per heavy atom. The van der Waals surface area contributed by atoms with Gasteiger partial charge in [0.05, 0.1) is 19.8 Å². The lowest BCUT2D eigenvalue weighted by Crippen LogP contribution is -2.18. The zero-order valence-corrected chi connectivity index (χ0v) is 16.1. The van der Waals surface area contributed by atoms with Gasteiger partial charge in [0.15, 0.2) is 11.5 Å². The first-order valence-electron chi connectivity index (χ1n) is 9.01. The molecule has 1 N–H and O–H groups in total. The van der Waals surface area contributed by atoms with Crippen molar-refractivity contribution in [2.45, 2.75) is 46.2 Å². The Morgan fingerprint density at radius 3 is 2.46 bits per heavy atom. The van der Waals surface area contributed by atoms with Crippen molar-refractivity contribution < 1.29 is 9.47 Å². The number of nitriles is 1. The van der Waals surface area contributed by atoms with Crippen LogP contribution in [0.2, 0.25) is 0 Å². The van der Waals surface area contributed by atoms with E-state index in [1.165, 1.54) is 16.7 Å². The maximum atomic E-state index is 8.62. The highest BCUT2D eigenvalue weighted by atomic mass is 16.5. The summed E-state index contributed by atoms with van der Waals surface area (Å²) in [4.78, 5) is 0. The van der Waals surface area contributed by atoms with Crippen molar-refractivity contribution in [1.29, 1.82) is 5.26 Å². The van der Waals surface area contributed by atoms with Gasteiger partial charge in [0, 0.05) is 19.0 Å². The average Bonchev–Trinajstić information content (AvgIpc) is 2.62. The summed E-state index contributed by atoms with van der Waals surface area (Å²) in [6.45, 7) is 7.69. The van der Waals surface area contributed by atoms with E-state index in [2.05, 4.69) is 50.4 Å².